The van der Waals surface area contributed by atoms with Gasteiger partial charge in [0.15, 0.2) is 11.0 Å². The molecule has 0 unspecified atom stereocenters. The van der Waals surface area contributed by atoms with Crippen LogP contribution in [0.15, 0.2) is 78.0 Å². The zero-order valence-corrected chi connectivity index (χ0v) is 23.7. The summed E-state index contributed by atoms with van der Waals surface area (Å²) in [4.78, 5) is 15.0. The van der Waals surface area contributed by atoms with Crippen LogP contribution in [-0.4, -0.2) is 46.1 Å². The minimum absolute atomic E-state index is 0.116. The number of nitrogens with one attached hydrogen (secondary N) is 1. The molecule has 0 radical (unpaired) electrons. The fourth-order valence-electron chi connectivity index (χ4n) is 4.06. The third-order valence-corrected chi connectivity index (χ3v) is 7.04. The van der Waals surface area contributed by atoms with Gasteiger partial charge < -0.3 is 19.7 Å². The van der Waals surface area contributed by atoms with Gasteiger partial charge in [-0.25, -0.2) is 0 Å². The number of hydrogen-bond acceptors (Lipinski definition) is 7. The Balaban J connectivity index is 1.47. The summed E-state index contributed by atoms with van der Waals surface area (Å²) in [6, 6.07) is 23.5. The Hall–Kier alpha value is -3.98. The van der Waals surface area contributed by atoms with Gasteiger partial charge in [0.1, 0.15) is 18.1 Å². The van der Waals surface area contributed by atoms with Crippen molar-refractivity contribution >= 4 is 29.0 Å². The second-order valence-corrected chi connectivity index (χ2v) is 9.76. The molecule has 3 aromatic carbocycles. The molecule has 0 spiro atoms. The summed E-state index contributed by atoms with van der Waals surface area (Å²) in [7, 11) is 0. The predicted octanol–water partition coefficient (Wildman–Crippen LogP) is 6.13. The largest absolute Gasteiger partial charge is 0.494 e. The molecule has 0 aliphatic carbocycles. The number of carbonyl (C=O) groups is 1. The molecule has 204 valence electrons. The highest BCUT2D eigenvalue weighted by atomic mass is 32.2. The fraction of sp³-hybridized carbons (Fsp3) is 0.300. The highest BCUT2D eigenvalue weighted by molar-refractivity contribution is 7.99. The van der Waals surface area contributed by atoms with Crippen LogP contribution in [0.4, 0.5) is 11.4 Å². The van der Waals surface area contributed by atoms with Crippen molar-refractivity contribution in [3.63, 3.8) is 0 Å². The van der Waals surface area contributed by atoms with Crippen LogP contribution >= 0.6 is 11.8 Å². The first-order valence-electron chi connectivity index (χ1n) is 13.1. The Kier molecular flexibility index (Phi) is 9.85. The number of rotatable bonds is 13. The Labute approximate surface area is 234 Å². The van der Waals surface area contributed by atoms with Crippen LogP contribution < -0.4 is 19.7 Å². The molecule has 8 nitrogen and oxygen atoms in total. The van der Waals surface area contributed by atoms with Crippen molar-refractivity contribution in [2.24, 2.45) is 0 Å². The maximum atomic E-state index is 12.8. The zero-order chi connectivity index (χ0) is 27.6. The maximum absolute atomic E-state index is 12.8. The molecule has 0 atom stereocenters. The number of nitrogens with zero attached hydrogens (tertiary/aromatic N) is 4. The van der Waals surface area contributed by atoms with E-state index in [9.17, 15) is 4.79 Å². The van der Waals surface area contributed by atoms with E-state index in [2.05, 4.69) is 34.3 Å². The number of amides is 1. The molecule has 0 saturated heterocycles. The number of hydrogen-bond donors (Lipinski definition) is 1. The molecule has 1 heterocycles. The lowest BCUT2D eigenvalue weighted by molar-refractivity contribution is -0.113. The number of thioether (sulfide) groups is 1. The predicted molar refractivity (Wildman–Crippen MR) is 157 cm³/mol. The van der Waals surface area contributed by atoms with E-state index in [1.807, 2.05) is 91.2 Å². The van der Waals surface area contributed by atoms with Crippen molar-refractivity contribution in [3.8, 4) is 17.2 Å². The van der Waals surface area contributed by atoms with Crippen LogP contribution in [0.1, 0.15) is 32.2 Å². The highest BCUT2D eigenvalue weighted by Crippen LogP contribution is 2.25. The average molecular weight is 546 g/mol. The van der Waals surface area contributed by atoms with Crippen LogP contribution in [0.2, 0.25) is 0 Å². The van der Waals surface area contributed by atoms with Gasteiger partial charge in [-0.15, -0.1) is 10.2 Å². The van der Waals surface area contributed by atoms with Gasteiger partial charge in [-0.1, -0.05) is 29.5 Å². The first-order chi connectivity index (χ1) is 19.0. The lowest BCUT2D eigenvalue weighted by Gasteiger charge is -2.21. The Bertz CT molecular complexity index is 1330. The van der Waals surface area contributed by atoms with Crippen molar-refractivity contribution in [1.82, 2.24) is 14.8 Å². The van der Waals surface area contributed by atoms with E-state index in [4.69, 9.17) is 9.47 Å². The monoisotopic (exact) mass is 545 g/mol. The second-order valence-electron chi connectivity index (χ2n) is 8.82. The van der Waals surface area contributed by atoms with Gasteiger partial charge in [0, 0.05) is 30.2 Å². The molecule has 0 aliphatic heterocycles. The van der Waals surface area contributed by atoms with Gasteiger partial charge in [-0.3, -0.25) is 9.36 Å². The minimum atomic E-state index is -0.116. The van der Waals surface area contributed by atoms with Crippen molar-refractivity contribution in [3.05, 3.63) is 84.2 Å². The molecule has 9 heteroatoms. The van der Waals surface area contributed by atoms with Gasteiger partial charge in [0.05, 0.1) is 12.4 Å². The highest BCUT2D eigenvalue weighted by Gasteiger charge is 2.17. The normalized spacial score (nSPS) is 10.8. The Morgan fingerprint density at radius 3 is 2.15 bits per heavy atom. The van der Waals surface area contributed by atoms with E-state index in [1.165, 1.54) is 11.8 Å². The van der Waals surface area contributed by atoms with Crippen molar-refractivity contribution < 1.29 is 14.3 Å². The van der Waals surface area contributed by atoms with Gasteiger partial charge in [-0.05, 0) is 88.4 Å². The summed E-state index contributed by atoms with van der Waals surface area (Å²) in [5.41, 5.74) is 3.92. The summed E-state index contributed by atoms with van der Waals surface area (Å²) in [5, 5.41) is 12.4. The van der Waals surface area contributed by atoms with Crippen LogP contribution in [0, 0.1) is 6.92 Å². The molecule has 0 aliphatic rings. The lowest BCUT2D eigenvalue weighted by atomic mass is 10.2. The standard InChI is InChI=1S/C30H35N5O3S/c1-5-34(6-2)24-12-10-23(11-13-24)31-29(36)21-39-30-33-32-28(20-38-27-16-8-22(4)9-17-27)35(30)25-14-18-26(19-15-25)37-7-3/h8-19H,5-7,20-21H2,1-4H3,(H,31,36). The third kappa shape index (κ3) is 7.54. The molecule has 1 aromatic heterocycles. The van der Waals surface area contributed by atoms with E-state index in [1.54, 1.807) is 0 Å². The molecule has 4 rings (SSSR count). The number of ether oxygens (including phenoxy) is 2. The first-order valence-corrected chi connectivity index (χ1v) is 14.1. The number of carbonyl (C=O) groups excluding carboxylic acids is 1. The number of aromatic nitrogens is 3. The molecule has 4 aromatic rings. The van der Waals surface area contributed by atoms with Gasteiger partial charge in [0.2, 0.25) is 5.91 Å². The van der Waals surface area contributed by atoms with Crippen molar-refractivity contribution in [1.29, 1.82) is 0 Å². The number of anilines is 2. The number of aryl methyl sites for hydroxylation is 1. The van der Waals surface area contributed by atoms with Crippen LogP contribution in [0.5, 0.6) is 11.5 Å². The topological polar surface area (TPSA) is 81.5 Å². The van der Waals surface area contributed by atoms with Crippen LogP contribution in [-0.2, 0) is 11.4 Å². The van der Waals surface area contributed by atoms with Gasteiger partial charge >= 0.3 is 0 Å². The Morgan fingerprint density at radius 2 is 1.51 bits per heavy atom. The molecule has 0 saturated carbocycles. The summed E-state index contributed by atoms with van der Waals surface area (Å²) >= 11 is 1.33. The van der Waals surface area contributed by atoms with E-state index in [-0.39, 0.29) is 18.3 Å². The molecule has 0 bridgehead atoms. The zero-order valence-electron chi connectivity index (χ0n) is 22.9. The molecular weight excluding hydrogens is 510 g/mol. The first kappa shape index (κ1) is 28.0. The van der Waals surface area contributed by atoms with Crippen LogP contribution in [0.3, 0.4) is 0 Å². The molecule has 39 heavy (non-hydrogen) atoms. The summed E-state index contributed by atoms with van der Waals surface area (Å²) in [6.07, 6.45) is 0. The summed E-state index contributed by atoms with van der Waals surface area (Å²) < 4.78 is 13.5. The molecule has 1 amide bonds. The minimum Gasteiger partial charge on any atom is -0.494 e. The van der Waals surface area contributed by atoms with E-state index in [0.29, 0.717) is 17.6 Å². The summed E-state index contributed by atoms with van der Waals surface area (Å²) in [5.74, 6) is 2.24. The quantitative estimate of drug-likeness (QED) is 0.202. The van der Waals surface area contributed by atoms with Crippen molar-refractivity contribution in [2.75, 3.05) is 35.7 Å². The summed E-state index contributed by atoms with van der Waals surface area (Å²) in [6.45, 7) is 10.9. The molecular formula is C30H35N5O3S. The average Bonchev–Trinajstić information content (AvgIpc) is 3.36. The fourth-order valence-corrected chi connectivity index (χ4v) is 4.83. The van der Waals surface area contributed by atoms with Crippen molar-refractivity contribution in [2.45, 2.75) is 39.5 Å². The SMILES string of the molecule is CCOc1ccc(-n2c(COc3ccc(C)cc3)nnc2SCC(=O)Nc2ccc(N(CC)CC)cc2)cc1. The smallest absolute Gasteiger partial charge is 0.234 e. The lowest BCUT2D eigenvalue weighted by Crippen LogP contribution is -2.21. The van der Waals surface area contributed by atoms with Gasteiger partial charge in [-0.2, -0.15) is 0 Å². The Morgan fingerprint density at radius 1 is 0.872 bits per heavy atom. The molecule has 1 N–H and O–H groups in total. The van der Waals surface area contributed by atoms with Crippen LogP contribution in [0.25, 0.3) is 5.69 Å². The maximum Gasteiger partial charge on any atom is 0.234 e. The number of benzene rings is 3. The van der Waals surface area contributed by atoms with E-state index >= 15 is 0 Å². The third-order valence-electron chi connectivity index (χ3n) is 6.11. The van der Waals surface area contributed by atoms with Gasteiger partial charge in [0.25, 0.3) is 0 Å². The second kappa shape index (κ2) is 13.7. The van der Waals surface area contributed by atoms with E-state index < -0.39 is 0 Å². The molecule has 0 fully saturated rings. The van der Waals surface area contributed by atoms with E-state index in [0.717, 1.165) is 47.2 Å².